The van der Waals surface area contributed by atoms with Crippen molar-refractivity contribution in [3.05, 3.63) is 23.4 Å². The third-order valence-corrected chi connectivity index (χ3v) is 3.21. The molecule has 0 bridgehead atoms. The molecule has 17 heavy (non-hydrogen) atoms. The number of aliphatic hydroxyl groups excluding tert-OH is 1. The molecule has 0 spiro atoms. The van der Waals surface area contributed by atoms with Gasteiger partial charge in [0.15, 0.2) is 0 Å². The van der Waals surface area contributed by atoms with E-state index in [2.05, 4.69) is 16.0 Å². The smallest absolute Gasteiger partial charge is 0.146 e. The lowest BCUT2D eigenvalue weighted by molar-refractivity contribution is 0.208. The van der Waals surface area contributed by atoms with Gasteiger partial charge in [-0.3, -0.25) is 0 Å². The van der Waals surface area contributed by atoms with Gasteiger partial charge in [-0.25, -0.2) is 4.98 Å². The van der Waals surface area contributed by atoms with Crippen LogP contribution in [0.2, 0.25) is 0 Å². The normalized spacial score (nSPS) is 20.1. The van der Waals surface area contributed by atoms with Gasteiger partial charge in [0.1, 0.15) is 11.9 Å². The van der Waals surface area contributed by atoms with Crippen LogP contribution in [0.25, 0.3) is 0 Å². The van der Waals surface area contributed by atoms with Gasteiger partial charge in [0.25, 0.3) is 0 Å². The molecule has 1 aliphatic rings. The van der Waals surface area contributed by atoms with Crippen LogP contribution < -0.4 is 4.90 Å². The first-order chi connectivity index (χ1) is 8.24. The number of nitrogens with zero attached hydrogens (tertiary/aromatic N) is 3. The van der Waals surface area contributed by atoms with Crippen LogP contribution in [0.1, 0.15) is 24.1 Å². The summed E-state index contributed by atoms with van der Waals surface area (Å²) in [5.74, 6) is 1.07. The summed E-state index contributed by atoms with van der Waals surface area (Å²) < 4.78 is 0. The Bertz CT molecular complexity index is 439. The second-order valence-electron chi connectivity index (χ2n) is 4.57. The lowest BCUT2D eigenvalue weighted by Gasteiger charge is -2.33. The van der Waals surface area contributed by atoms with Crippen molar-refractivity contribution < 1.29 is 5.11 Å². The molecule has 4 heteroatoms. The molecule has 1 aromatic rings. The summed E-state index contributed by atoms with van der Waals surface area (Å²) in [6.07, 6.45) is 2.10. The van der Waals surface area contributed by atoms with Crippen molar-refractivity contribution in [2.24, 2.45) is 5.92 Å². The fourth-order valence-corrected chi connectivity index (χ4v) is 2.28. The molecule has 0 radical (unpaired) electrons. The van der Waals surface area contributed by atoms with Crippen molar-refractivity contribution in [1.82, 2.24) is 4.98 Å². The maximum atomic E-state index is 9.22. The van der Waals surface area contributed by atoms with Gasteiger partial charge in [-0.15, -0.1) is 0 Å². The quantitative estimate of drug-likeness (QED) is 0.837. The third kappa shape index (κ3) is 2.56. The zero-order valence-corrected chi connectivity index (χ0v) is 10.1. The molecule has 1 unspecified atom stereocenters. The van der Waals surface area contributed by atoms with Crippen LogP contribution in [-0.4, -0.2) is 29.8 Å². The molecule has 1 aromatic heterocycles. The van der Waals surface area contributed by atoms with Crippen LogP contribution >= 0.6 is 0 Å². The number of aliphatic hydroxyl groups is 1. The van der Waals surface area contributed by atoms with E-state index in [0.29, 0.717) is 11.5 Å². The van der Waals surface area contributed by atoms with Crippen LogP contribution in [0.5, 0.6) is 0 Å². The minimum absolute atomic E-state index is 0.213. The number of nitriles is 1. The first kappa shape index (κ1) is 11.9. The van der Waals surface area contributed by atoms with Crippen LogP contribution in [0.4, 0.5) is 5.82 Å². The van der Waals surface area contributed by atoms with Gasteiger partial charge in [-0.1, -0.05) is 0 Å². The average molecular weight is 231 g/mol. The summed E-state index contributed by atoms with van der Waals surface area (Å²) in [6, 6.07) is 5.86. The molecule has 1 atom stereocenters. The summed E-state index contributed by atoms with van der Waals surface area (Å²) in [4.78, 5) is 6.58. The molecule has 1 fully saturated rings. The van der Waals surface area contributed by atoms with Crippen molar-refractivity contribution in [1.29, 1.82) is 5.26 Å². The zero-order valence-electron chi connectivity index (χ0n) is 10.1. The maximum absolute atomic E-state index is 9.22. The molecule has 2 rings (SSSR count). The van der Waals surface area contributed by atoms with Gasteiger partial charge >= 0.3 is 0 Å². The van der Waals surface area contributed by atoms with Gasteiger partial charge in [0.05, 0.1) is 5.56 Å². The Kier molecular flexibility index (Phi) is 3.60. The number of piperidine rings is 1. The SMILES string of the molecule is Cc1ccc(C#N)c(N2CCCC(CO)C2)n1. The highest BCUT2D eigenvalue weighted by atomic mass is 16.3. The fraction of sp³-hybridized carbons (Fsp3) is 0.538. The molecular weight excluding hydrogens is 214 g/mol. The number of aryl methyl sites for hydroxylation is 1. The number of hydrogen-bond donors (Lipinski definition) is 1. The average Bonchev–Trinajstić information content (AvgIpc) is 2.39. The molecule has 4 nitrogen and oxygen atoms in total. The van der Waals surface area contributed by atoms with E-state index in [-0.39, 0.29) is 6.61 Å². The lowest BCUT2D eigenvalue weighted by Crippen LogP contribution is -2.37. The second kappa shape index (κ2) is 5.15. The Morgan fingerprint density at radius 2 is 2.41 bits per heavy atom. The standard InChI is InChI=1S/C13H17N3O/c1-10-4-5-12(7-14)13(15-10)16-6-2-3-11(8-16)9-17/h4-5,11,17H,2-3,6,8-9H2,1H3. The summed E-state index contributed by atoms with van der Waals surface area (Å²) in [6.45, 7) is 3.85. The van der Waals surface area contributed by atoms with Crippen molar-refractivity contribution in [2.75, 3.05) is 24.6 Å². The Hall–Kier alpha value is -1.60. The van der Waals surface area contributed by atoms with Crippen LogP contribution in [0, 0.1) is 24.2 Å². The largest absolute Gasteiger partial charge is 0.396 e. The predicted molar refractivity (Wildman–Crippen MR) is 65.7 cm³/mol. The number of hydrogen-bond acceptors (Lipinski definition) is 4. The highest BCUT2D eigenvalue weighted by Crippen LogP contribution is 2.24. The van der Waals surface area contributed by atoms with E-state index in [4.69, 9.17) is 5.26 Å². The summed E-state index contributed by atoms with van der Waals surface area (Å²) >= 11 is 0. The Morgan fingerprint density at radius 1 is 1.59 bits per heavy atom. The molecule has 2 heterocycles. The fourth-order valence-electron chi connectivity index (χ4n) is 2.28. The number of pyridine rings is 1. The lowest BCUT2D eigenvalue weighted by atomic mass is 9.98. The van der Waals surface area contributed by atoms with Crippen molar-refractivity contribution in [3.8, 4) is 6.07 Å². The van der Waals surface area contributed by atoms with Crippen molar-refractivity contribution in [3.63, 3.8) is 0 Å². The molecule has 0 aliphatic carbocycles. The topological polar surface area (TPSA) is 60.2 Å². The second-order valence-corrected chi connectivity index (χ2v) is 4.57. The minimum atomic E-state index is 0.213. The molecule has 1 aliphatic heterocycles. The molecule has 1 saturated heterocycles. The molecule has 1 N–H and O–H groups in total. The molecule has 0 aromatic carbocycles. The van der Waals surface area contributed by atoms with Crippen molar-refractivity contribution in [2.45, 2.75) is 19.8 Å². The van der Waals surface area contributed by atoms with E-state index in [1.807, 2.05) is 19.1 Å². The monoisotopic (exact) mass is 231 g/mol. The molecule has 0 saturated carbocycles. The minimum Gasteiger partial charge on any atom is -0.396 e. The van der Waals surface area contributed by atoms with Gasteiger partial charge < -0.3 is 10.0 Å². The zero-order chi connectivity index (χ0) is 12.3. The third-order valence-electron chi connectivity index (χ3n) is 3.21. The number of anilines is 1. The van der Waals surface area contributed by atoms with Gasteiger partial charge in [0.2, 0.25) is 0 Å². The van der Waals surface area contributed by atoms with Gasteiger partial charge in [0, 0.05) is 25.4 Å². The van der Waals surface area contributed by atoms with Crippen LogP contribution in [0.3, 0.4) is 0 Å². The Morgan fingerprint density at radius 3 is 3.12 bits per heavy atom. The Labute approximate surface area is 102 Å². The van der Waals surface area contributed by atoms with E-state index in [9.17, 15) is 5.11 Å². The maximum Gasteiger partial charge on any atom is 0.146 e. The predicted octanol–water partition coefficient (Wildman–Crippen LogP) is 1.47. The highest BCUT2D eigenvalue weighted by molar-refractivity contribution is 5.54. The summed E-state index contributed by atoms with van der Waals surface area (Å²) in [5.41, 5.74) is 1.54. The van der Waals surface area contributed by atoms with Gasteiger partial charge in [-0.05, 0) is 37.8 Å². The Balaban J connectivity index is 2.27. The molecule has 90 valence electrons. The van der Waals surface area contributed by atoms with Crippen molar-refractivity contribution >= 4 is 5.82 Å². The molecular formula is C13H17N3O. The number of rotatable bonds is 2. The highest BCUT2D eigenvalue weighted by Gasteiger charge is 2.22. The van der Waals surface area contributed by atoms with Crippen LogP contribution in [-0.2, 0) is 0 Å². The number of aromatic nitrogens is 1. The van der Waals surface area contributed by atoms with E-state index in [0.717, 1.165) is 37.4 Å². The van der Waals surface area contributed by atoms with Gasteiger partial charge in [-0.2, -0.15) is 5.26 Å². The summed E-state index contributed by atoms with van der Waals surface area (Å²) in [5, 5.41) is 18.3. The first-order valence-corrected chi connectivity index (χ1v) is 5.98. The van der Waals surface area contributed by atoms with E-state index < -0.39 is 0 Å². The first-order valence-electron chi connectivity index (χ1n) is 5.98. The van der Waals surface area contributed by atoms with E-state index in [1.165, 1.54) is 0 Å². The molecule has 0 amide bonds. The van der Waals surface area contributed by atoms with E-state index in [1.54, 1.807) is 0 Å². The summed E-state index contributed by atoms with van der Waals surface area (Å²) in [7, 11) is 0. The van der Waals surface area contributed by atoms with Crippen LogP contribution in [0.15, 0.2) is 12.1 Å². The van der Waals surface area contributed by atoms with E-state index >= 15 is 0 Å².